The smallest absolute Gasteiger partial charge is 0.348 e. The minimum absolute atomic E-state index is 0.203. The zero-order valence-electron chi connectivity index (χ0n) is 9.49. The summed E-state index contributed by atoms with van der Waals surface area (Å²) in [6, 6.07) is 0. The monoisotopic (exact) mass is 241 g/mol. The van der Waals surface area contributed by atoms with Gasteiger partial charge in [-0.3, -0.25) is 5.73 Å². The predicted molar refractivity (Wildman–Crippen MR) is 62.2 cm³/mol. The van der Waals surface area contributed by atoms with E-state index in [2.05, 4.69) is 0 Å². The fourth-order valence-electron chi connectivity index (χ4n) is 2.08. The van der Waals surface area contributed by atoms with Gasteiger partial charge in [0.1, 0.15) is 5.69 Å². The van der Waals surface area contributed by atoms with E-state index in [9.17, 15) is 4.79 Å². The standard InChI is InChI=1S/C11H16N2O2S/c1-2-15-10(14)7-13-8-5-3-4-6-9(8)16-11(13)12/h12H,2-7H2,1H3/p+1. The number of aryl methyl sites for hydroxylation is 1. The normalized spacial score (nSPS) is 14.6. The van der Waals surface area contributed by atoms with Gasteiger partial charge in [0.25, 0.3) is 0 Å². The quantitative estimate of drug-likeness (QED) is 0.636. The molecule has 4 nitrogen and oxygen atoms in total. The zero-order valence-corrected chi connectivity index (χ0v) is 10.3. The van der Waals surface area contributed by atoms with Crippen molar-refractivity contribution >= 4 is 22.4 Å². The molecule has 1 aromatic rings. The van der Waals surface area contributed by atoms with Gasteiger partial charge in [-0.1, -0.05) is 11.3 Å². The van der Waals surface area contributed by atoms with Gasteiger partial charge in [-0.25, -0.2) is 9.36 Å². The number of nitrogens with zero attached hydrogens (tertiary/aromatic N) is 1. The number of nitrogen functional groups attached to an aromatic ring is 1. The first-order valence-corrected chi connectivity index (χ1v) is 6.49. The van der Waals surface area contributed by atoms with Gasteiger partial charge in [0.05, 0.1) is 11.5 Å². The zero-order chi connectivity index (χ0) is 11.5. The molecular weight excluding hydrogens is 224 g/mol. The molecule has 2 rings (SSSR count). The van der Waals surface area contributed by atoms with Crippen molar-refractivity contribution < 1.29 is 14.1 Å². The summed E-state index contributed by atoms with van der Waals surface area (Å²) in [5.41, 5.74) is 7.18. The Morgan fingerprint density at radius 3 is 3.00 bits per heavy atom. The van der Waals surface area contributed by atoms with Crippen LogP contribution in [0.1, 0.15) is 30.3 Å². The molecule has 0 fully saturated rings. The molecule has 88 valence electrons. The summed E-state index contributed by atoms with van der Waals surface area (Å²) in [5, 5.41) is 0.722. The highest BCUT2D eigenvalue weighted by Crippen LogP contribution is 2.26. The van der Waals surface area contributed by atoms with Crippen LogP contribution in [0.25, 0.3) is 0 Å². The lowest BCUT2D eigenvalue weighted by Crippen LogP contribution is -2.43. The molecule has 0 aliphatic heterocycles. The Morgan fingerprint density at radius 2 is 2.25 bits per heavy atom. The van der Waals surface area contributed by atoms with Gasteiger partial charge in [-0.05, 0) is 26.2 Å². The summed E-state index contributed by atoms with van der Waals surface area (Å²) in [6.45, 7) is 2.49. The minimum Gasteiger partial charge on any atom is -0.463 e. The maximum atomic E-state index is 11.5. The highest BCUT2D eigenvalue weighted by Gasteiger charge is 2.25. The number of nitrogens with two attached hydrogens (primary N) is 1. The molecule has 1 aliphatic rings. The molecule has 1 heterocycles. The highest BCUT2D eigenvalue weighted by molar-refractivity contribution is 7.15. The van der Waals surface area contributed by atoms with Crippen LogP contribution in [0.15, 0.2) is 0 Å². The molecule has 0 spiro atoms. The first-order chi connectivity index (χ1) is 7.72. The summed E-state index contributed by atoms with van der Waals surface area (Å²) in [6.07, 6.45) is 4.54. The Hall–Kier alpha value is -1.10. The maximum absolute atomic E-state index is 11.5. The number of carbonyl (C=O) groups excluding carboxylic acids is 1. The fraction of sp³-hybridized carbons (Fsp3) is 0.636. The average molecular weight is 241 g/mol. The van der Waals surface area contributed by atoms with Crippen molar-refractivity contribution in [2.24, 2.45) is 0 Å². The Kier molecular flexibility index (Phi) is 3.43. The second kappa shape index (κ2) is 4.82. The molecular formula is C11H17N2O2S+. The number of thiazole rings is 1. The highest BCUT2D eigenvalue weighted by atomic mass is 32.1. The lowest BCUT2D eigenvalue weighted by atomic mass is 10.0. The number of aromatic nitrogens is 1. The van der Waals surface area contributed by atoms with Crippen molar-refractivity contribution in [1.29, 1.82) is 0 Å². The number of ether oxygens (including phenoxy) is 1. The molecule has 0 unspecified atom stereocenters. The van der Waals surface area contributed by atoms with Gasteiger partial charge in [-0.15, -0.1) is 0 Å². The number of rotatable bonds is 3. The molecule has 5 heteroatoms. The molecule has 0 aromatic carbocycles. The van der Waals surface area contributed by atoms with E-state index in [0.717, 1.165) is 18.0 Å². The van der Waals surface area contributed by atoms with Gasteiger partial charge in [0.15, 0.2) is 6.54 Å². The lowest BCUT2D eigenvalue weighted by molar-refractivity contribution is -0.675. The van der Waals surface area contributed by atoms with Gasteiger partial charge in [-0.2, -0.15) is 0 Å². The van der Waals surface area contributed by atoms with Crippen LogP contribution in [0.2, 0.25) is 0 Å². The predicted octanol–water partition coefficient (Wildman–Crippen LogP) is 1.06. The molecule has 1 aromatic heterocycles. The summed E-state index contributed by atoms with van der Waals surface area (Å²) in [4.78, 5) is 12.8. The Morgan fingerprint density at radius 1 is 1.50 bits per heavy atom. The van der Waals surface area contributed by atoms with E-state index in [4.69, 9.17) is 10.5 Å². The molecule has 0 amide bonds. The number of hydrogen-bond donors (Lipinski definition) is 1. The van der Waals surface area contributed by atoms with Crippen molar-refractivity contribution in [3.8, 4) is 0 Å². The van der Waals surface area contributed by atoms with E-state index in [0.29, 0.717) is 6.61 Å². The van der Waals surface area contributed by atoms with Crippen molar-refractivity contribution in [2.75, 3.05) is 12.3 Å². The SMILES string of the molecule is CCOC(=O)C[n+]1c(N)sc2c1CCCC2. The number of hydrogen-bond acceptors (Lipinski definition) is 4. The van der Waals surface area contributed by atoms with E-state index < -0.39 is 0 Å². The largest absolute Gasteiger partial charge is 0.463 e. The van der Waals surface area contributed by atoms with E-state index in [1.807, 2.05) is 11.5 Å². The Labute approximate surface area is 99.0 Å². The van der Waals surface area contributed by atoms with Gasteiger partial charge < -0.3 is 4.74 Å². The number of anilines is 1. The molecule has 2 N–H and O–H groups in total. The first-order valence-electron chi connectivity index (χ1n) is 5.68. The summed E-state index contributed by atoms with van der Waals surface area (Å²) < 4.78 is 6.86. The van der Waals surface area contributed by atoms with E-state index in [1.165, 1.54) is 23.4 Å². The summed E-state index contributed by atoms with van der Waals surface area (Å²) in [7, 11) is 0. The maximum Gasteiger partial charge on any atom is 0.348 e. The van der Waals surface area contributed by atoms with Gasteiger partial charge in [0, 0.05) is 6.42 Å². The lowest BCUT2D eigenvalue weighted by Gasteiger charge is -2.09. The average Bonchev–Trinajstić information content (AvgIpc) is 2.56. The van der Waals surface area contributed by atoms with Crippen LogP contribution < -0.4 is 10.3 Å². The summed E-state index contributed by atoms with van der Waals surface area (Å²) in [5.74, 6) is -0.203. The molecule has 16 heavy (non-hydrogen) atoms. The van der Waals surface area contributed by atoms with E-state index in [-0.39, 0.29) is 12.5 Å². The van der Waals surface area contributed by atoms with Crippen LogP contribution >= 0.6 is 11.3 Å². The Balaban J connectivity index is 2.19. The second-order valence-electron chi connectivity index (χ2n) is 3.91. The van der Waals surface area contributed by atoms with Crippen LogP contribution in [0, 0.1) is 0 Å². The van der Waals surface area contributed by atoms with Gasteiger partial charge in [0.2, 0.25) is 0 Å². The van der Waals surface area contributed by atoms with Crippen molar-refractivity contribution in [3.63, 3.8) is 0 Å². The van der Waals surface area contributed by atoms with Crippen LogP contribution in [-0.2, 0) is 28.9 Å². The Bertz CT molecular complexity index is 401. The third kappa shape index (κ3) is 2.19. The first kappa shape index (κ1) is 11.4. The van der Waals surface area contributed by atoms with E-state index in [1.54, 1.807) is 11.3 Å². The second-order valence-corrected chi connectivity index (χ2v) is 5.02. The molecule has 0 atom stereocenters. The number of esters is 1. The summed E-state index contributed by atoms with van der Waals surface area (Å²) >= 11 is 1.61. The van der Waals surface area contributed by atoms with Gasteiger partial charge >= 0.3 is 11.1 Å². The minimum atomic E-state index is -0.203. The number of fused-ring (bicyclic) bond motifs is 1. The molecule has 0 saturated carbocycles. The van der Waals surface area contributed by atoms with Crippen LogP contribution in [0.3, 0.4) is 0 Å². The van der Waals surface area contributed by atoms with Crippen molar-refractivity contribution in [3.05, 3.63) is 10.6 Å². The van der Waals surface area contributed by atoms with Crippen LogP contribution in [-0.4, -0.2) is 12.6 Å². The molecule has 0 radical (unpaired) electrons. The molecule has 0 bridgehead atoms. The third-order valence-electron chi connectivity index (χ3n) is 2.80. The van der Waals surface area contributed by atoms with Crippen molar-refractivity contribution in [2.45, 2.75) is 39.2 Å². The topological polar surface area (TPSA) is 56.2 Å². The van der Waals surface area contributed by atoms with Crippen LogP contribution in [0.4, 0.5) is 5.13 Å². The van der Waals surface area contributed by atoms with Crippen molar-refractivity contribution in [1.82, 2.24) is 0 Å². The number of carbonyl (C=O) groups is 1. The molecule has 0 saturated heterocycles. The third-order valence-corrected chi connectivity index (χ3v) is 3.92. The van der Waals surface area contributed by atoms with Crippen LogP contribution in [0.5, 0.6) is 0 Å². The van der Waals surface area contributed by atoms with E-state index >= 15 is 0 Å². The molecule has 1 aliphatic carbocycles. The fourth-order valence-corrected chi connectivity index (χ4v) is 3.19.